The summed E-state index contributed by atoms with van der Waals surface area (Å²) in [5.74, 6) is 1.91. The lowest BCUT2D eigenvalue weighted by Crippen LogP contribution is -2.34. The van der Waals surface area contributed by atoms with Gasteiger partial charge in [0, 0.05) is 0 Å². The Kier molecular flexibility index (Phi) is 7.96. The van der Waals surface area contributed by atoms with Crippen molar-refractivity contribution in [2.45, 2.75) is 71.8 Å². The molecule has 1 aromatic carbocycles. The predicted octanol–water partition coefficient (Wildman–Crippen LogP) is 5.40. The highest BCUT2D eigenvalue weighted by Gasteiger charge is 2.29. The van der Waals surface area contributed by atoms with E-state index in [1.54, 1.807) is 18.2 Å². The first-order chi connectivity index (χ1) is 13.1. The van der Waals surface area contributed by atoms with Crippen molar-refractivity contribution in [3.8, 4) is 11.5 Å². The molecule has 0 saturated carbocycles. The number of fused-ring (bicyclic) bond motifs is 1. The van der Waals surface area contributed by atoms with Crippen LogP contribution in [0.3, 0.4) is 0 Å². The number of aryl methyl sites for hydroxylation is 1. The molecule has 0 bridgehead atoms. The molecule has 2 rings (SSSR count). The van der Waals surface area contributed by atoms with Gasteiger partial charge in [-0.05, 0) is 67.9 Å². The molecule has 1 heterocycles. The van der Waals surface area contributed by atoms with Gasteiger partial charge in [-0.1, -0.05) is 46.1 Å². The molecule has 0 aromatic heterocycles. The maximum Gasteiger partial charge on any atom is 0.300 e. The molecule has 2 atom stereocenters. The van der Waals surface area contributed by atoms with E-state index in [4.69, 9.17) is 14.0 Å². The summed E-state index contributed by atoms with van der Waals surface area (Å²) in [4.78, 5) is 0. The Hall–Kier alpha value is -1.53. The van der Waals surface area contributed by atoms with Crippen molar-refractivity contribution in [3.05, 3.63) is 35.9 Å². The van der Waals surface area contributed by atoms with E-state index in [1.165, 1.54) is 19.3 Å². The number of hydrogen-bond acceptors (Lipinski definition) is 4. The molecule has 0 radical (unpaired) electrons. The van der Waals surface area contributed by atoms with Gasteiger partial charge < -0.3 is 9.47 Å². The summed E-state index contributed by atoms with van der Waals surface area (Å²) in [6.07, 6.45) is 11.0. The van der Waals surface area contributed by atoms with Crippen molar-refractivity contribution < 1.29 is 22.4 Å². The third kappa shape index (κ3) is 7.84. The van der Waals surface area contributed by atoms with E-state index in [2.05, 4.69) is 39.8 Å². The van der Waals surface area contributed by atoms with Crippen LogP contribution < -0.4 is 9.47 Å². The van der Waals surface area contributed by atoms with Crippen LogP contribution in [0.2, 0.25) is 0 Å². The lowest BCUT2D eigenvalue weighted by molar-refractivity contribution is 0.114. The molecule has 1 aromatic rings. The van der Waals surface area contributed by atoms with Crippen molar-refractivity contribution >= 4 is 10.1 Å². The maximum absolute atomic E-state index is 10.8. The minimum atomic E-state index is -4.15. The second kappa shape index (κ2) is 9.79. The smallest absolute Gasteiger partial charge is 0.300 e. The topological polar surface area (TPSA) is 72.8 Å². The Labute approximate surface area is 169 Å². The molecule has 5 nitrogen and oxygen atoms in total. The Morgan fingerprint density at radius 1 is 1.29 bits per heavy atom. The molecule has 28 heavy (non-hydrogen) atoms. The fourth-order valence-electron chi connectivity index (χ4n) is 3.43. The normalized spacial score (nSPS) is 20.8. The Morgan fingerprint density at radius 3 is 2.71 bits per heavy atom. The first kappa shape index (κ1) is 22.8. The third-order valence-corrected chi connectivity index (χ3v) is 5.54. The van der Waals surface area contributed by atoms with Crippen LogP contribution in [0.5, 0.6) is 11.5 Å². The molecule has 0 spiro atoms. The second-order valence-corrected chi connectivity index (χ2v) is 10.00. The van der Waals surface area contributed by atoms with Crippen molar-refractivity contribution in [2.24, 2.45) is 11.8 Å². The lowest BCUT2D eigenvalue weighted by atomic mass is 9.91. The van der Waals surface area contributed by atoms with Crippen LogP contribution in [0.1, 0.15) is 65.4 Å². The maximum atomic E-state index is 10.8. The van der Waals surface area contributed by atoms with E-state index >= 15 is 0 Å². The number of rotatable bonds is 10. The number of ether oxygens (including phenoxy) is 2. The third-order valence-electron chi connectivity index (χ3n) is 5.13. The summed E-state index contributed by atoms with van der Waals surface area (Å²) in [6.45, 7) is 8.94. The molecular weight excluding hydrogens is 376 g/mol. The van der Waals surface area contributed by atoms with E-state index in [1.807, 2.05) is 0 Å². The van der Waals surface area contributed by atoms with Gasteiger partial charge in [0.15, 0.2) is 0 Å². The van der Waals surface area contributed by atoms with Crippen molar-refractivity contribution in [1.29, 1.82) is 0 Å². The number of benzene rings is 1. The van der Waals surface area contributed by atoms with Crippen molar-refractivity contribution in [2.75, 3.05) is 5.94 Å². The quantitative estimate of drug-likeness (QED) is 0.413. The summed E-state index contributed by atoms with van der Waals surface area (Å²) in [5, 5.41) is 0. The van der Waals surface area contributed by atoms with Crippen LogP contribution >= 0.6 is 0 Å². The molecule has 2 unspecified atom stereocenters. The monoisotopic (exact) mass is 410 g/mol. The van der Waals surface area contributed by atoms with E-state index < -0.39 is 16.1 Å². The summed E-state index contributed by atoms with van der Waals surface area (Å²) >= 11 is 0. The Morgan fingerprint density at radius 2 is 2.04 bits per heavy atom. The van der Waals surface area contributed by atoms with Crippen molar-refractivity contribution in [1.82, 2.24) is 0 Å². The van der Waals surface area contributed by atoms with Gasteiger partial charge in [-0.3, -0.25) is 4.55 Å². The molecule has 1 aliphatic rings. The molecule has 1 aliphatic heterocycles. The standard InChI is InChI=1S/C22H34O5S/c1-17(2)7-5-8-18(3)9-6-13-22(4)14-12-19-15-20(10-11-21(19)27-22)26-16-28(23,24)25/h6,10-11,13,15,17-18H,5,7-9,12,14,16H2,1-4H3,(H,23,24,25). The first-order valence-electron chi connectivity index (χ1n) is 10.1. The van der Waals surface area contributed by atoms with Gasteiger partial charge in [0.05, 0.1) is 0 Å². The van der Waals surface area contributed by atoms with Gasteiger partial charge in [0.2, 0.25) is 5.94 Å². The zero-order valence-corrected chi connectivity index (χ0v) is 18.3. The second-order valence-electron chi connectivity index (χ2n) is 8.60. The minimum Gasteiger partial charge on any atom is -0.483 e. The van der Waals surface area contributed by atoms with Gasteiger partial charge in [0.1, 0.15) is 17.1 Å². The number of allylic oxidation sites excluding steroid dienone is 1. The summed E-state index contributed by atoms with van der Waals surface area (Å²) < 4.78 is 41.7. The summed E-state index contributed by atoms with van der Waals surface area (Å²) in [7, 11) is -4.15. The van der Waals surface area contributed by atoms with E-state index in [9.17, 15) is 8.42 Å². The van der Waals surface area contributed by atoms with Crippen LogP contribution in [0.25, 0.3) is 0 Å². The zero-order chi connectivity index (χ0) is 20.8. The van der Waals surface area contributed by atoms with E-state index in [0.717, 1.165) is 36.5 Å². The highest BCUT2D eigenvalue weighted by atomic mass is 32.2. The molecule has 6 heteroatoms. The fourth-order valence-corrected chi connectivity index (χ4v) is 3.71. The van der Waals surface area contributed by atoms with Crippen LogP contribution in [0.4, 0.5) is 0 Å². The van der Waals surface area contributed by atoms with Crippen LogP contribution in [-0.2, 0) is 16.5 Å². The number of hydrogen-bond donors (Lipinski definition) is 1. The van der Waals surface area contributed by atoms with Gasteiger partial charge in [-0.15, -0.1) is 0 Å². The van der Waals surface area contributed by atoms with Gasteiger partial charge in [0.25, 0.3) is 0 Å². The molecule has 158 valence electrons. The zero-order valence-electron chi connectivity index (χ0n) is 17.5. The molecule has 0 aliphatic carbocycles. The van der Waals surface area contributed by atoms with Crippen LogP contribution in [0, 0.1) is 11.8 Å². The van der Waals surface area contributed by atoms with Gasteiger partial charge in [-0.25, -0.2) is 0 Å². The molecule has 0 fully saturated rings. The van der Waals surface area contributed by atoms with Gasteiger partial charge in [-0.2, -0.15) is 8.42 Å². The van der Waals surface area contributed by atoms with Crippen molar-refractivity contribution in [3.63, 3.8) is 0 Å². The van der Waals surface area contributed by atoms with Gasteiger partial charge >= 0.3 is 10.1 Å². The minimum absolute atomic E-state index is 0.332. The SMILES string of the molecule is CC(C)CCCC(C)CC=CC1(C)CCc2cc(OCS(=O)(=O)O)ccc2O1. The first-order valence-corrected chi connectivity index (χ1v) is 11.7. The molecular formula is C22H34O5S. The largest absolute Gasteiger partial charge is 0.483 e. The average molecular weight is 411 g/mol. The predicted molar refractivity (Wildman–Crippen MR) is 112 cm³/mol. The lowest BCUT2D eigenvalue weighted by Gasteiger charge is -2.33. The highest BCUT2D eigenvalue weighted by Crippen LogP contribution is 2.36. The molecule has 1 N–H and O–H groups in total. The van der Waals surface area contributed by atoms with E-state index in [-0.39, 0.29) is 5.60 Å². The molecule has 0 amide bonds. The highest BCUT2D eigenvalue weighted by molar-refractivity contribution is 7.85. The van der Waals surface area contributed by atoms with E-state index in [0.29, 0.717) is 11.7 Å². The van der Waals surface area contributed by atoms with Crippen LogP contribution in [-0.4, -0.2) is 24.5 Å². The Bertz CT molecular complexity index is 769. The summed E-state index contributed by atoms with van der Waals surface area (Å²) in [5.41, 5.74) is 0.655. The molecule has 0 saturated heterocycles. The fraction of sp³-hybridized carbons (Fsp3) is 0.636. The Balaban J connectivity index is 1.89. The average Bonchev–Trinajstić information content (AvgIpc) is 2.59. The van der Waals surface area contributed by atoms with Crippen LogP contribution in [0.15, 0.2) is 30.4 Å². The summed E-state index contributed by atoms with van der Waals surface area (Å²) in [6, 6.07) is 5.24.